The Hall–Kier alpha value is -3.88. The van der Waals surface area contributed by atoms with Crippen LogP contribution >= 0.6 is 0 Å². The monoisotopic (exact) mass is 446 g/mol. The van der Waals surface area contributed by atoms with E-state index >= 15 is 0 Å². The van der Waals surface area contributed by atoms with Gasteiger partial charge in [-0.15, -0.1) is 10.2 Å². The van der Waals surface area contributed by atoms with Gasteiger partial charge in [-0.3, -0.25) is 14.7 Å². The number of fused-ring (bicyclic) bond motifs is 3. The second kappa shape index (κ2) is 8.57. The van der Waals surface area contributed by atoms with Gasteiger partial charge in [-0.25, -0.2) is 4.79 Å². The number of imide groups is 1. The van der Waals surface area contributed by atoms with E-state index in [1.165, 1.54) is 0 Å². The van der Waals surface area contributed by atoms with Crippen molar-refractivity contribution >= 4 is 17.9 Å². The van der Waals surface area contributed by atoms with Gasteiger partial charge in [0.1, 0.15) is 18.5 Å². The molecule has 2 aliphatic rings. The van der Waals surface area contributed by atoms with Gasteiger partial charge in [0, 0.05) is 19.2 Å². The second-order valence-corrected chi connectivity index (χ2v) is 8.30. The third-order valence-electron chi connectivity index (χ3n) is 6.15. The van der Waals surface area contributed by atoms with Crippen molar-refractivity contribution in [3.63, 3.8) is 0 Å². The van der Waals surface area contributed by atoms with Gasteiger partial charge in [-0.2, -0.15) is 0 Å². The molecule has 2 unspecified atom stereocenters. The smallest absolute Gasteiger partial charge is 0.325 e. The van der Waals surface area contributed by atoms with Crippen LogP contribution in [0.25, 0.3) is 11.4 Å². The molecule has 170 valence electrons. The van der Waals surface area contributed by atoms with Crippen LogP contribution in [0.15, 0.2) is 54.6 Å². The van der Waals surface area contributed by atoms with Gasteiger partial charge in [0.25, 0.3) is 5.91 Å². The second-order valence-electron chi connectivity index (χ2n) is 8.30. The molecular weight excluding hydrogens is 420 g/mol. The Morgan fingerprint density at radius 2 is 1.79 bits per heavy atom. The lowest BCUT2D eigenvalue weighted by Crippen LogP contribution is -2.61. The fraction of sp³-hybridized carbons (Fsp3) is 0.333. The molecule has 0 spiro atoms. The Labute approximate surface area is 192 Å². The molecule has 0 saturated carbocycles. The zero-order chi connectivity index (χ0) is 22.9. The third kappa shape index (κ3) is 3.69. The van der Waals surface area contributed by atoms with Crippen LogP contribution in [0.4, 0.5) is 10.7 Å². The number of rotatable bonds is 7. The number of carbonyl (C=O) groups excluding carboxylic acids is 2. The Bertz CT molecular complexity index is 1160. The topological polar surface area (TPSA) is 92.6 Å². The van der Waals surface area contributed by atoms with E-state index in [4.69, 9.17) is 4.74 Å². The van der Waals surface area contributed by atoms with Crippen LogP contribution in [0.2, 0.25) is 0 Å². The number of amides is 3. The van der Waals surface area contributed by atoms with Crippen molar-refractivity contribution in [2.75, 3.05) is 18.5 Å². The van der Waals surface area contributed by atoms with Crippen molar-refractivity contribution in [3.05, 3.63) is 60.2 Å². The molecule has 1 aromatic heterocycles. The third-order valence-corrected chi connectivity index (χ3v) is 6.15. The zero-order valence-electron chi connectivity index (χ0n) is 18.6. The average Bonchev–Trinajstić information content (AvgIpc) is 3.40. The molecule has 1 saturated heterocycles. The first-order valence-corrected chi connectivity index (χ1v) is 11.1. The van der Waals surface area contributed by atoms with Gasteiger partial charge in [0.15, 0.2) is 11.9 Å². The normalized spacial score (nSPS) is 19.3. The number of nitrogens with one attached hydrogen (secondary N) is 1. The Balaban J connectivity index is 1.44. The van der Waals surface area contributed by atoms with Crippen molar-refractivity contribution in [2.24, 2.45) is 0 Å². The van der Waals surface area contributed by atoms with Crippen molar-refractivity contribution < 1.29 is 14.3 Å². The largest absolute Gasteiger partial charge is 0.489 e. The molecule has 2 aromatic carbocycles. The summed E-state index contributed by atoms with van der Waals surface area (Å²) in [5.74, 6) is 1.66. The summed E-state index contributed by atoms with van der Waals surface area (Å²) in [6.07, 6.45) is 1.39. The molecule has 1 fully saturated rings. The SMILES string of the molecule is CCCCN1c2nnc(-c3ccc(OCc4ccccc4)cc3)n2C2C1C(=O)NC(=O)N2C. The van der Waals surface area contributed by atoms with Gasteiger partial charge in [0.2, 0.25) is 5.95 Å². The number of anilines is 1. The molecule has 3 amide bonds. The number of nitrogens with zero attached hydrogens (tertiary/aromatic N) is 5. The number of ether oxygens (including phenoxy) is 1. The van der Waals surface area contributed by atoms with E-state index in [0.717, 1.165) is 29.7 Å². The van der Waals surface area contributed by atoms with Gasteiger partial charge < -0.3 is 14.5 Å². The molecule has 5 rings (SSSR count). The van der Waals surface area contributed by atoms with E-state index in [2.05, 4.69) is 22.4 Å². The summed E-state index contributed by atoms with van der Waals surface area (Å²) in [6, 6.07) is 16.7. The van der Waals surface area contributed by atoms with Crippen LogP contribution < -0.4 is 15.0 Å². The molecule has 9 nitrogen and oxygen atoms in total. The highest BCUT2D eigenvalue weighted by Gasteiger charge is 2.52. The first kappa shape index (κ1) is 21.0. The minimum Gasteiger partial charge on any atom is -0.489 e. The average molecular weight is 447 g/mol. The predicted octanol–water partition coefficient (Wildman–Crippen LogP) is 3.19. The maximum Gasteiger partial charge on any atom is 0.325 e. The Kier molecular flexibility index (Phi) is 5.45. The lowest BCUT2D eigenvalue weighted by atomic mass is 10.1. The molecule has 1 N–H and O–H groups in total. The Morgan fingerprint density at radius 1 is 1.03 bits per heavy atom. The van der Waals surface area contributed by atoms with E-state index in [1.54, 1.807) is 11.9 Å². The number of hydrogen-bond acceptors (Lipinski definition) is 6. The van der Waals surface area contributed by atoms with E-state index in [0.29, 0.717) is 24.9 Å². The van der Waals surface area contributed by atoms with E-state index in [-0.39, 0.29) is 5.91 Å². The summed E-state index contributed by atoms with van der Waals surface area (Å²) < 4.78 is 7.79. The predicted molar refractivity (Wildman–Crippen MR) is 123 cm³/mol. The highest BCUT2D eigenvalue weighted by atomic mass is 16.5. The highest BCUT2D eigenvalue weighted by Crippen LogP contribution is 2.41. The van der Waals surface area contributed by atoms with Gasteiger partial charge in [0.05, 0.1) is 0 Å². The molecule has 0 radical (unpaired) electrons. The summed E-state index contributed by atoms with van der Waals surface area (Å²) in [6.45, 7) is 3.25. The molecule has 2 aliphatic heterocycles. The summed E-state index contributed by atoms with van der Waals surface area (Å²) in [5, 5.41) is 11.3. The van der Waals surface area contributed by atoms with E-state index in [9.17, 15) is 9.59 Å². The number of unbranched alkanes of at least 4 members (excludes halogenated alkanes) is 1. The van der Waals surface area contributed by atoms with Crippen LogP contribution in [-0.4, -0.2) is 51.2 Å². The standard InChI is InChI=1S/C24H26N6O3/c1-3-4-14-29-19-21(31)25-24(32)28(2)22(19)30-20(26-27-23(29)30)17-10-12-18(13-11-17)33-15-16-8-6-5-7-9-16/h5-13,19,22H,3-4,14-15H2,1-2H3,(H,25,31,32). The van der Waals surface area contributed by atoms with Crippen molar-refractivity contribution in [3.8, 4) is 17.1 Å². The first-order valence-electron chi connectivity index (χ1n) is 11.1. The number of carbonyl (C=O) groups is 2. The summed E-state index contributed by atoms with van der Waals surface area (Å²) in [7, 11) is 1.69. The molecule has 0 bridgehead atoms. The van der Waals surface area contributed by atoms with Gasteiger partial charge in [-0.05, 0) is 36.2 Å². The molecule has 9 heteroatoms. The van der Waals surface area contributed by atoms with Gasteiger partial charge in [-0.1, -0.05) is 43.7 Å². The molecule has 3 heterocycles. The number of aromatic nitrogens is 3. The summed E-state index contributed by atoms with van der Waals surface area (Å²) >= 11 is 0. The fourth-order valence-electron chi connectivity index (χ4n) is 4.40. The number of benzene rings is 2. The van der Waals surface area contributed by atoms with E-state index < -0.39 is 18.2 Å². The maximum absolute atomic E-state index is 12.8. The van der Waals surface area contributed by atoms with Crippen molar-refractivity contribution in [1.82, 2.24) is 25.0 Å². The first-order chi connectivity index (χ1) is 16.1. The summed E-state index contributed by atoms with van der Waals surface area (Å²) in [5.41, 5.74) is 1.93. The highest BCUT2D eigenvalue weighted by molar-refractivity contribution is 6.02. The minimum absolute atomic E-state index is 0.305. The summed E-state index contributed by atoms with van der Waals surface area (Å²) in [4.78, 5) is 28.7. The molecule has 33 heavy (non-hydrogen) atoms. The van der Waals surface area contributed by atoms with Gasteiger partial charge >= 0.3 is 6.03 Å². The number of hydrogen-bond donors (Lipinski definition) is 1. The van der Waals surface area contributed by atoms with Crippen LogP contribution in [-0.2, 0) is 11.4 Å². The van der Waals surface area contributed by atoms with Crippen LogP contribution in [0.3, 0.4) is 0 Å². The van der Waals surface area contributed by atoms with Crippen LogP contribution in [0.5, 0.6) is 5.75 Å². The van der Waals surface area contributed by atoms with Crippen molar-refractivity contribution in [2.45, 2.75) is 38.6 Å². The molecule has 0 aliphatic carbocycles. The maximum atomic E-state index is 12.8. The van der Waals surface area contributed by atoms with Crippen LogP contribution in [0, 0.1) is 0 Å². The van der Waals surface area contributed by atoms with Crippen molar-refractivity contribution in [1.29, 1.82) is 0 Å². The fourth-order valence-corrected chi connectivity index (χ4v) is 4.40. The van der Waals surface area contributed by atoms with E-state index in [1.807, 2.05) is 64.1 Å². The molecule has 3 aromatic rings. The lowest BCUT2D eigenvalue weighted by Gasteiger charge is -2.37. The minimum atomic E-state index is -0.531. The molecular formula is C24H26N6O3. The van der Waals surface area contributed by atoms with Crippen LogP contribution in [0.1, 0.15) is 31.5 Å². The molecule has 2 atom stereocenters. The zero-order valence-corrected chi connectivity index (χ0v) is 18.6. The quantitative estimate of drug-likeness (QED) is 0.599. The lowest BCUT2D eigenvalue weighted by molar-refractivity contribution is -0.124. The Morgan fingerprint density at radius 3 is 2.52 bits per heavy atom. The number of likely N-dealkylation sites (N-methyl/N-ethyl adjacent to an activating group) is 1. The number of urea groups is 1.